The molecule has 0 saturated carbocycles. The maximum atomic E-state index is 12.6. The number of amides is 4. The zero-order valence-corrected chi connectivity index (χ0v) is 20.0. The number of rotatable bonds is 8. The summed E-state index contributed by atoms with van der Waals surface area (Å²) in [6, 6.07) is 15.9. The van der Waals surface area contributed by atoms with E-state index in [1.165, 1.54) is 23.1 Å². The van der Waals surface area contributed by atoms with Gasteiger partial charge in [-0.05, 0) is 48.9 Å². The van der Waals surface area contributed by atoms with Crippen LogP contribution in [0.2, 0.25) is 0 Å². The smallest absolute Gasteiger partial charge is 0.323 e. The van der Waals surface area contributed by atoms with Gasteiger partial charge in [-0.3, -0.25) is 14.8 Å². The number of hydrogen-bond donors (Lipinski definition) is 6. The summed E-state index contributed by atoms with van der Waals surface area (Å²) in [6.45, 7) is 1.89. The third-order valence-corrected chi connectivity index (χ3v) is 6.33. The summed E-state index contributed by atoms with van der Waals surface area (Å²) in [4.78, 5) is 45.7. The number of carbonyl (C=O) groups is 3. The lowest BCUT2D eigenvalue weighted by molar-refractivity contribution is -0.129. The van der Waals surface area contributed by atoms with Crippen molar-refractivity contribution < 1.29 is 19.6 Å². The molecule has 0 bridgehead atoms. The third kappa shape index (κ3) is 5.92. The number of para-hydroxylation sites is 1. The molecule has 0 aliphatic rings. The highest BCUT2D eigenvalue weighted by atomic mass is 32.1. The number of fused-ring (bicyclic) bond motifs is 1. The number of nitrogens with zero attached hydrogens (tertiary/aromatic N) is 2. The van der Waals surface area contributed by atoms with Gasteiger partial charge in [0.05, 0.1) is 10.3 Å². The Hall–Kier alpha value is -4.55. The van der Waals surface area contributed by atoms with Crippen LogP contribution in [0.3, 0.4) is 0 Å². The van der Waals surface area contributed by atoms with Crippen LogP contribution in [-0.2, 0) is 4.79 Å². The topological polar surface area (TPSA) is 157 Å². The van der Waals surface area contributed by atoms with Crippen LogP contribution in [0.4, 0.5) is 27.7 Å². The zero-order valence-electron chi connectivity index (χ0n) is 19.2. The number of anilines is 4. The second-order valence-electron chi connectivity index (χ2n) is 7.65. The summed E-state index contributed by atoms with van der Waals surface area (Å²) in [6.07, 6.45) is 1.37. The number of urea groups is 1. The normalized spacial score (nSPS) is 10.5. The van der Waals surface area contributed by atoms with Gasteiger partial charge in [-0.2, -0.15) is 0 Å². The van der Waals surface area contributed by atoms with Crippen LogP contribution in [0.25, 0.3) is 10.2 Å². The minimum Gasteiger partial charge on any atom is -0.351 e. The highest BCUT2D eigenvalue weighted by molar-refractivity contribution is 7.20. The monoisotopic (exact) mass is 505 g/mol. The van der Waals surface area contributed by atoms with Crippen LogP contribution in [0, 0.1) is 6.92 Å². The van der Waals surface area contributed by atoms with Crippen molar-refractivity contribution in [3.8, 4) is 0 Å². The van der Waals surface area contributed by atoms with Gasteiger partial charge in [-0.15, -0.1) is 11.3 Å². The summed E-state index contributed by atoms with van der Waals surface area (Å²) in [5.41, 5.74) is 4.27. The van der Waals surface area contributed by atoms with Crippen molar-refractivity contribution in [3.63, 3.8) is 0 Å². The number of hydroxylamine groups is 1. The lowest BCUT2D eigenvalue weighted by Gasteiger charge is -2.10. The van der Waals surface area contributed by atoms with Gasteiger partial charge in [0.2, 0.25) is 5.91 Å². The molecule has 2 aromatic carbocycles. The number of nitrogens with one attached hydrogen (secondary N) is 5. The predicted molar refractivity (Wildman–Crippen MR) is 138 cm³/mol. The van der Waals surface area contributed by atoms with Gasteiger partial charge in [0, 0.05) is 30.0 Å². The van der Waals surface area contributed by atoms with Crippen LogP contribution < -0.4 is 26.7 Å². The van der Waals surface area contributed by atoms with E-state index in [-0.39, 0.29) is 24.9 Å². The number of aromatic nitrogens is 2. The fourth-order valence-corrected chi connectivity index (χ4v) is 4.46. The van der Waals surface area contributed by atoms with Gasteiger partial charge in [0.15, 0.2) is 0 Å². The van der Waals surface area contributed by atoms with Crippen molar-refractivity contribution in [2.75, 3.05) is 22.5 Å². The van der Waals surface area contributed by atoms with Crippen molar-refractivity contribution in [2.45, 2.75) is 13.3 Å². The Kier molecular flexibility index (Phi) is 7.68. The molecule has 0 atom stereocenters. The van der Waals surface area contributed by atoms with Crippen molar-refractivity contribution in [2.24, 2.45) is 0 Å². The molecule has 2 aromatic heterocycles. The van der Waals surface area contributed by atoms with E-state index in [0.29, 0.717) is 37.8 Å². The van der Waals surface area contributed by atoms with E-state index in [9.17, 15) is 14.4 Å². The lowest BCUT2D eigenvalue weighted by Crippen LogP contribution is -2.29. The molecule has 2 heterocycles. The molecule has 12 heteroatoms. The first-order valence-corrected chi connectivity index (χ1v) is 11.7. The number of hydrogen-bond acceptors (Lipinski definition) is 8. The van der Waals surface area contributed by atoms with Gasteiger partial charge in [0.25, 0.3) is 5.91 Å². The van der Waals surface area contributed by atoms with Crippen molar-refractivity contribution in [1.82, 2.24) is 20.8 Å². The SMILES string of the molecule is Cc1c(C(=O)NCCC(=O)NO)sc2ncnc(Nc3ccc(NC(=O)Nc4ccccc4)cc3)c12. The Balaban J connectivity index is 1.44. The van der Waals surface area contributed by atoms with E-state index in [0.717, 1.165) is 5.69 Å². The number of carbonyl (C=O) groups excluding carboxylic acids is 3. The number of benzene rings is 2. The molecule has 0 aliphatic carbocycles. The van der Waals surface area contributed by atoms with Crippen LogP contribution in [0.15, 0.2) is 60.9 Å². The van der Waals surface area contributed by atoms with E-state index in [1.807, 2.05) is 18.2 Å². The molecule has 184 valence electrons. The second kappa shape index (κ2) is 11.3. The fourth-order valence-electron chi connectivity index (χ4n) is 3.40. The molecule has 0 radical (unpaired) electrons. The summed E-state index contributed by atoms with van der Waals surface area (Å²) >= 11 is 1.22. The first-order valence-electron chi connectivity index (χ1n) is 10.9. The quantitative estimate of drug-likeness (QED) is 0.156. The summed E-state index contributed by atoms with van der Waals surface area (Å²) in [5, 5.41) is 20.7. The van der Waals surface area contributed by atoms with E-state index >= 15 is 0 Å². The minimum atomic E-state index is -0.584. The largest absolute Gasteiger partial charge is 0.351 e. The molecule has 4 rings (SSSR count). The maximum Gasteiger partial charge on any atom is 0.323 e. The molecule has 0 aliphatic heterocycles. The highest BCUT2D eigenvalue weighted by Crippen LogP contribution is 2.34. The molecule has 4 aromatic rings. The van der Waals surface area contributed by atoms with Crippen LogP contribution in [-0.4, -0.2) is 39.6 Å². The predicted octanol–water partition coefficient (Wildman–Crippen LogP) is 4.01. The van der Waals surface area contributed by atoms with Crippen molar-refractivity contribution in [3.05, 3.63) is 71.4 Å². The van der Waals surface area contributed by atoms with E-state index in [1.54, 1.807) is 43.3 Å². The Morgan fingerprint density at radius 3 is 2.28 bits per heavy atom. The summed E-state index contributed by atoms with van der Waals surface area (Å²) in [7, 11) is 0. The fraction of sp³-hybridized carbons (Fsp3) is 0.125. The molecule has 6 N–H and O–H groups in total. The maximum absolute atomic E-state index is 12.6. The Labute approximate surface area is 209 Å². The number of aryl methyl sites for hydroxylation is 1. The molecule has 0 saturated heterocycles. The second-order valence-corrected chi connectivity index (χ2v) is 8.65. The van der Waals surface area contributed by atoms with Crippen molar-refractivity contribution >= 4 is 62.3 Å². The molecular formula is C24H23N7O4S. The Morgan fingerprint density at radius 1 is 0.917 bits per heavy atom. The molecule has 36 heavy (non-hydrogen) atoms. The summed E-state index contributed by atoms with van der Waals surface area (Å²) in [5.74, 6) is -0.384. The molecule has 4 amide bonds. The first kappa shape index (κ1) is 24.6. The zero-order chi connectivity index (χ0) is 25.5. The van der Waals surface area contributed by atoms with Gasteiger partial charge in [-0.1, -0.05) is 18.2 Å². The average molecular weight is 506 g/mol. The molecule has 0 unspecified atom stereocenters. The van der Waals surface area contributed by atoms with Gasteiger partial charge >= 0.3 is 6.03 Å². The van der Waals surface area contributed by atoms with Gasteiger partial charge in [0.1, 0.15) is 17.0 Å². The average Bonchev–Trinajstić information content (AvgIpc) is 3.23. The summed E-state index contributed by atoms with van der Waals surface area (Å²) < 4.78 is 0. The van der Waals surface area contributed by atoms with Crippen molar-refractivity contribution in [1.29, 1.82) is 0 Å². The number of thiophene rings is 1. The first-order chi connectivity index (χ1) is 17.4. The molecule has 11 nitrogen and oxygen atoms in total. The van der Waals surface area contributed by atoms with E-state index < -0.39 is 5.91 Å². The molecular weight excluding hydrogens is 482 g/mol. The van der Waals surface area contributed by atoms with Crippen LogP contribution >= 0.6 is 11.3 Å². The van der Waals surface area contributed by atoms with Crippen LogP contribution in [0.1, 0.15) is 21.7 Å². The van der Waals surface area contributed by atoms with Gasteiger partial charge < -0.3 is 21.3 Å². The molecule has 0 spiro atoms. The third-order valence-electron chi connectivity index (χ3n) is 5.13. The van der Waals surface area contributed by atoms with E-state index in [4.69, 9.17) is 5.21 Å². The van der Waals surface area contributed by atoms with Gasteiger partial charge in [-0.25, -0.2) is 20.2 Å². The van der Waals surface area contributed by atoms with Crippen LogP contribution in [0.5, 0.6) is 0 Å². The van der Waals surface area contributed by atoms with E-state index in [2.05, 4.69) is 31.2 Å². The standard InChI is InChI=1S/C24H23N7O4S/c1-14-19-21(26-13-27-23(19)36-20(14)22(33)25-12-11-18(32)31-35)28-16-7-9-17(10-8-16)30-24(34)29-15-5-3-2-4-6-15/h2-10,13,35H,11-12H2,1H3,(H,25,33)(H,31,32)(H,26,27,28)(H2,29,30,34). The molecule has 0 fully saturated rings. The Bertz CT molecular complexity index is 1390. The Morgan fingerprint density at radius 2 is 1.58 bits per heavy atom. The minimum absolute atomic E-state index is 0.0441. The lowest BCUT2D eigenvalue weighted by atomic mass is 10.2. The highest BCUT2D eigenvalue weighted by Gasteiger charge is 2.19.